The number of ether oxygens (including phenoxy) is 1. The first-order valence-corrected chi connectivity index (χ1v) is 9.38. The van der Waals surface area contributed by atoms with Crippen molar-refractivity contribution in [1.29, 1.82) is 5.26 Å². The Kier molecular flexibility index (Phi) is 6.13. The normalized spacial score (nSPS) is 11.5. The molecule has 0 aliphatic carbocycles. The number of rotatable bonds is 6. The van der Waals surface area contributed by atoms with E-state index in [2.05, 4.69) is 20.8 Å². The fourth-order valence-corrected chi connectivity index (χ4v) is 3.37. The van der Waals surface area contributed by atoms with Crippen molar-refractivity contribution in [3.05, 3.63) is 53.1 Å². The summed E-state index contributed by atoms with van der Waals surface area (Å²) in [6.07, 6.45) is 0. The molecule has 0 spiro atoms. The summed E-state index contributed by atoms with van der Waals surface area (Å²) in [7, 11) is 1.56. The van der Waals surface area contributed by atoms with E-state index in [0.717, 1.165) is 0 Å². The summed E-state index contributed by atoms with van der Waals surface area (Å²) in [5.41, 5.74) is 1.52. The van der Waals surface area contributed by atoms with Crippen molar-refractivity contribution in [2.75, 3.05) is 12.4 Å². The van der Waals surface area contributed by atoms with Crippen molar-refractivity contribution in [2.24, 2.45) is 0 Å². The van der Waals surface area contributed by atoms with Gasteiger partial charge in [0.05, 0.1) is 22.9 Å². The van der Waals surface area contributed by atoms with Gasteiger partial charge in [0, 0.05) is 5.69 Å². The predicted octanol–water partition coefficient (Wildman–Crippen LogP) is 3.32. The molecule has 1 heterocycles. The van der Waals surface area contributed by atoms with Gasteiger partial charge in [-0.1, -0.05) is 35.5 Å². The summed E-state index contributed by atoms with van der Waals surface area (Å²) in [6, 6.07) is 14.0. The SMILES string of the molecule is COc1ccccc1-n1nnnc1SC(C)C(=O)Nc1ccc(C#N)c(Cl)c1. The first kappa shape index (κ1) is 19.7. The number of hydrogen-bond acceptors (Lipinski definition) is 7. The zero-order valence-electron chi connectivity index (χ0n) is 15.0. The number of benzene rings is 2. The van der Waals surface area contributed by atoms with Gasteiger partial charge in [-0.3, -0.25) is 4.79 Å². The van der Waals surface area contributed by atoms with E-state index in [-0.39, 0.29) is 10.9 Å². The van der Waals surface area contributed by atoms with Gasteiger partial charge < -0.3 is 10.1 Å². The third kappa shape index (κ3) is 4.24. The van der Waals surface area contributed by atoms with Crippen molar-refractivity contribution in [3.8, 4) is 17.5 Å². The number of thioether (sulfide) groups is 1. The number of amides is 1. The minimum atomic E-state index is -0.492. The summed E-state index contributed by atoms with van der Waals surface area (Å²) in [5.74, 6) is 0.362. The molecule has 2 aromatic carbocycles. The summed E-state index contributed by atoms with van der Waals surface area (Å²) in [4.78, 5) is 12.5. The smallest absolute Gasteiger partial charge is 0.237 e. The van der Waals surface area contributed by atoms with Crippen LogP contribution in [0.1, 0.15) is 12.5 Å². The predicted molar refractivity (Wildman–Crippen MR) is 106 cm³/mol. The molecule has 0 fully saturated rings. The van der Waals surface area contributed by atoms with Gasteiger partial charge in [0.15, 0.2) is 0 Å². The highest BCUT2D eigenvalue weighted by Gasteiger charge is 2.21. The second-order valence-corrected chi connectivity index (χ2v) is 7.32. The van der Waals surface area contributed by atoms with Crippen LogP contribution in [-0.2, 0) is 4.79 Å². The molecule has 0 aliphatic heterocycles. The van der Waals surface area contributed by atoms with E-state index in [1.165, 1.54) is 22.5 Å². The molecule has 0 aliphatic rings. The molecule has 0 radical (unpaired) electrons. The van der Waals surface area contributed by atoms with Gasteiger partial charge in [-0.15, -0.1) is 5.10 Å². The van der Waals surface area contributed by atoms with Crippen LogP contribution < -0.4 is 10.1 Å². The van der Waals surface area contributed by atoms with Gasteiger partial charge >= 0.3 is 0 Å². The lowest BCUT2D eigenvalue weighted by atomic mass is 10.2. The number of nitriles is 1. The molecule has 3 aromatic rings. The number of nitrogens with one attached hydrogen (secondary N) is 1. The molecule has 142 valence electrons. The third-order valence-corrected chi connectivity index (χ3v) is 5.11. The molecule has 1 atom stereocenters. The highest BCUT2D eigenvalue weighted by molar-refractivity contribution is 8.00. The molecule has 10 heteroatoms. The Morgan fingerprint density at radius 2 is 2.14 bits per heavy atom. The van der Waals surface area contributed by atoms with Crippen molar-refractivity contribution in [2.45, 2.75) is 17.3 Å². The highest BCUT2D eigenvalue weighted by atomic mass is 35.5. The van der Waals surface area contributed by atoms with Crippen LogP contribution in [0.4, 0.5) is 5.69 Å². The van der Waals surface area contributed by atoms with Crippen LogP contribution in [0.15, 0.2) is 47.6 Å². The molecule has 0 saturated carbocycles. The monoisotopic (exact) mass is 414 g/mol. The average Bonchev–Trinajstić information content (AvgIpc) is 3.15. The Hall–Kier alpha value is -3.09. The molecule has 1 aromatic heterocycles. The lowest BCUT2D eigenvalue weighted by molar-refractivity contribution is -0.115. The molecular formula is C18H15ClN6O2S. The van der Waals surface area contributed by atoms with Crippen molar-refractivity contribution < 1.29 is 9.53 Å². The van der Waals surface area contributed by atoms with E-state index in [4.69, 9.17) is 21.6 Å². The lowest BCUT2D eigenvalue weighted by Crippen LogP contribution is -2.23. The van der Waals surface area contributed by atoms with Crippen LogP contribution >= 0.6 is 23.4 Å². The maximum absolute atomic E-state index is 12.5. The van der Waals surface area contributed by atoms with E-state index in [9.17, 15) is 4.79 Å². The fraction of sp³-hybridized carbons (Fsp3) is 0.167. The maximum atomic E-state index is 12.5. The summed E-state index contributed by atoms with van der Waals surface area (Å²) in [5, 5.41) is 23.6. The molecule has 3 rings (SSSR count). The topological polar surface area (TPSA) is 106 Å². The molecular weight excluding hydrogens is 400 g/mol. The second-order valence-electron chi connectivity index (χ2n) is 5.60. The standard InChI is InChI=1S/C18H15ClN6O2S/c1-11(17(26)21-13-8-7-12(10-20)14(19)9-13)28-18-22-23-24-25(18)15-5-3-4-6-16(15)27-2/h3-9,11H,1-2H3,(H,21,26). The number of hydrogen-bond donors (Lipinski definition) is 1. The first-order valence-electron chi connectivity index (χ1n) is 8.12. The van der Waals surface area contributed by atoms with Gasteiger partial charge in [0.25, 0.3) is 0 Å². The number of carbonyl (C=O) groups excluding carboxylic acids is 1. The molecule has 0 bridgehead atoms. The zero-order chi connectivity index (χ0) is 20.1. The van der Waals surface area contributed by atoms with Crippen LogP contribution in [-0.4, -0.2) is 38.5 Å². The maximum Gasteiger partial charge on any atom is 0.237 e. The number of tetrazole rings is 1. The first-order chi connectivity index (χ1) is 13.5. The van der Waals surface area contributed by atoms with Gasteiger partial charge in [0.2, 0.25) is 11.1 Å². The summed E-state index contributed by atoms with van der Waals surface area (Å²) in [6.45, 7) is 1.74. The van der Waals surface area contributed by atoms with Gasteiger partial charge in [-0.2, -0.15) is 9.94 Å². The van der Waals surface area contributed by atoms with Crippen molar-refractivity contribution >= 4 is 35.0 Å². The minimum Gasteiger partial charge on any atom is -0.494 e. The van der Waals surface area contributed by atoms with E-state index < -0.39 is 5.25 Å². The largest absolute Gasteiger partial charge is 0.494 e. The van der Waals surface area contributed by atoms with Gasteiger partial charge in [-0.05, 0) is 47.7 Å². The Labute approximate surface area is 170 Å². The molecule has 28 heavy (non-hydrogen) atoms. The van der Waals surface area contributed by atoms with Gasteiger partial charge in [0.1, 0.15) is 17.5 Å². The van der Waals surface area contributed by atoms with E-state index in [0.29, 0.717) is 27.8 Å². The quantitative estimate of drug-likeness (QED) is 0.616. The lowest BCUT2D eigenvalue weighted by Gasteiger charge is -2.13. The molecule has 1 unspecified atom stereocenters. The van der Waals surface area contributed by atoms with Crippen LogP contribution in [0, 0.1) is 11.3 Å². The second kappa shape index (κ2) is 8.73. The zero-order valence-corrected chi connectivity index (χ0v) is 16.5. The van der Waals surface area contributed by atoms with Crippen LogP contribution in [0.5, 0.6) is 5.75 Å². The van der Waals surface area contributed by atoms with Crippen LogP contribution in [0.2, 0.25) is 5.02 Å². The number of nitrogens with zero attached hydrogens (tertiary/aromatic N) is 5. The highest BCUT2D eigenvalue weighted by Crippen LogP contribution is 2.28. The van der Waals surface area contributed by atoms with Gasteiger partial charge in [-0.25, -0.2) is 0 Å². The molecule has 8 nitrogen and oxygen atoms in total. The number of halogens is 1. The molecule has 1 N–H and O–H groups in total. The Balaban J connectivity index is 1.74. The molecule has 1 amide bonds. The Morgan fingerprint density at radius 1 is 1.36 bits per heavy atom. The minimum absolute atomic E-state index is 0.250. The fourth-order valence-electron chi connectivity index (χ4n) is 2.35. The van der Waals surface area contributed by atoms with Crippen molar-refractivity contribution in [1.82, 2.24) is 20.2 Å². The van der Waals surface area contributed by atoms with E-state index >= 15 is 0 Å². The number of carbonyl (C=O) groups is 1. The van der Waals surface area contributed by atoms with Crippen molar-refractivity contribution in [3.63, 3.8) is 0 Å². The van der Waals surface area contributed by atoms with Crippen LogP contribution in [0.25, 0.3) is 5.69 Å². The number of anilines is 1. The Bertz CT molecular complexity index is 1050. The number of para-hydroxylation sites is 2. The number of aromatic nitrogens is 4. The molecule has 0 saturated heterocycles. The van der Waals surface area contributed by atoms with E-state index in [1.807, 2.05) is 24.3 Å². The van der Waals surface area contributed by atoms with Crippen LogP contribution in [0.3, 0.4) is 0 Å². The third-order valence-electron chi connectivity index (χ3n) is 3.76. The summed E-state index contributed by atoms with van der Waals surface area (Å²) < 4.78 is 6.86. The number of methoxy groups -OCH3 is 1. The Morgan fingerprint density at radius 3 is 2.86 bits per heavy atom. The summed E-state index contributed by atoms with van der Waals surface area (Å²) >= 11 is 7.21. The average molecular weight is 415 g/mol. The van der Waals surface area contributed by atoms with E-state index in [1.54, 1.807) is 32.2 Å².